The summed E-state index contributed by atoms with van der Waals surface area (Å²) in [5, 5.41) is 7.90. The Balaban J connectivity index is 1.64. The van der Waals surface area contributed by atoms with E-state index in [9.17, 15) is 0 Å². The summed E-state index contributed by atoms with van der Waals surface area (Å²) in [6.07, 6.45) is 7.46. The lowest BCUT2D eigenvalue weighted by atomic mass is 10.1. The number of nitrogens with one attached hydrogen (secondary N) is 1. The van der Waals surface area contributed by atoms with Gasteiger partial charge in [0.1, 0.15) is 0 Å². The van der Waals surface area contributed by atoms with E-state index in [-0.39, 0.29) is 0 Å². The molecule has 0 amide bonds. The van der Waals surface area contributed by atoms with Gasteiger partial charge in [0.05, 0.1) is 26.0 Å². The molecular formula is C16H21N3O2. The molecule has 21 heavy (non-hydrogen) atoms. The molecule has 1 aromatic heterocycles. The third-order valence-corrected chi connectivity index (χ3v) is 3.73. The Morgan fingerprint density at radius 2 is 2.14 bits per heavy atom. The van der Waals surface area contributed by atoms with E-state index in [4.69, 9.17) is 9.47 Å². The number of aromatic nitrogens is 2. The van der Waals surface area contributed by atoms with Gasteiger partial charge in [-0.3, -0.25) is 4.68 Å². The highest BCUT2D eigenvalue weighted by molar-refractivity contribution is 5.41. The highest BCUT2D eigenvalue weighted by Crippen LogP contribution is 2.30. The van der Waals surface area contributed by atoms with Gasteiger partial charge in [0.15, 0.2) is 17.2 Å². The zero-order chi connectivity index (χ0) is 14.5. The van der Waals surface area contributed by atoms with Crippen molar-refractivity contribution in [2.75, 3.05) is 13.7 Å². The summed E-state index contributed by atoms with van der Waals surface area (Å²) >= 11 is 0. The van der Waals surface area contributed by atoms with Crippen LogP contribution in [0.4, 0.5) is 0 Å². The Kier molecular flexibility index (Phi) is 4.40. The zero-order valence-corrected chi connectivity index (χ0v) is 12.3. The minimum atomic E-state index is 0.512. The average molecular weight is 287 g/mol. The van der Waals surface area contributed by atoms with Crippen molar-refractivity contribution in [3.05, 3.63) is 36.7 Å². The van der Waals surface area contributed by atoms with E-state index < -0.39 is 0 Å². The van der Waals surface area contributed by atoms with Crippen molar-refractivity contribution < 1.29 is 9.47 Å². The van der Waals surface area contributed by atoms with Gasteiger partial charge in [0.2, 0.25) is 0 Å². The van der Waals surface area contributed by atoms with Gasteiger partial charge in [-0.2, -0.15) is 5.10 Å². The van der Waals surface area contributed by atoms with Gasteiger partial charge in [-0.05, 0) is 31.5 Å². The molecule has 5 nitrogen and oxygen atoms in total. The van der Waals surface area contributed by atoms with Crippen LogP contribution >= 0.6 is 0 Å². The highest BCUT2D eigenvalue weighted by atomic mass is 16.5. The summed E-state index contributed by atoms with van der Waals surface area (Å²) in [4.78, 5) is 0. The summed E-state index contributed by atoms with van der Waals surface area (Å²) in [6.45, 7) is 1.99. The third kappa shape index (κ3) is 3.55. The lowest BCUT2D eigenvalue weighted by molar-refractivity contribution is 0.350. The SMILES string of the molecule is COc1ccccc1Oc1cnn(CC2CCCCN2)c1. The van der Waals surface area contributed by atoms with Crippen LogP contribution in [-0.2, 0) is 6.54 Å². The van der Waals surface area contributed by atoms with Crippen LogP contribution in [0, 0.1) is 0 Å². The summed E-state index contributed by atoms with van der Waals surface area (Å²) in [6, 6.07) is 8.13. The molecule has 1 saturated heterocycles. The maximum Gasteiger partial charge on any atom is 0.169 e. The van der Waals surface area contributed by atoms with Crippen LogP contribution in [0.25, 0.3) is 0 Å². The quantitative estimate of drug-likeness (QED) is 0.918. The van der Waals surface area contributed by atoms with Gasteiger partial charge < -0.3 is 14.8 Å². The minimum Gasteiger partial charge on any atom is -0.493 e. The Labute approximate surface area is 124 Å². The van der Waals surface area contributed by atoms with Gasteiger partial charge in [-0.15, -0.1) is 0 Å². The van der Waals surface area contributed by atoms with Crippen molar-refractivity contribution in [2.24, 2.45) is 0 Å². The van der Waals surface area contributed by atoms with E-state index in [1.807, 2.05) is 35.1 Å². The number of methoxy groups -OCH3 is 1. The van der Waals surface area contributed by atoms with Gasteiger partial charge in [0, 0.05) is 6.04 Å². The lowest BCUT2D eigenvalue weighted by Crippen LogP contribution is -2.37. The molecule has 112 valence electrons. The summed E-state index contributed by atoms with van der Waals surface area (Å²) in [7, 11) is 1.64. The number of hydrogen-bond acceptors (Lipinski definition) is 4. The van der Waals surface area contributed by atoms with Gasteiger partial charge in [-0.25, -0.2) is 0 Å². The van der Waals surface area contributed by atoms with Crippen LogP contribution in [0.2, 0.25) is 0 Å². The second kappa shape index (κ2) is 6.63. The zero-order valence-electron chi connectivity index (χ0n) is 12.3. The molecule has 0 bridgehead atoms. The van der Waals surface area contributed by atoms with Crippen molar-refractivity contribution in [3.63, 3.8) is 0 Å². The molecule has 5 heteroatoms. The normalized spacial score (nSPS) is 18.4. The topological polar surface area (TPSA) is 48.3 Å². The monoisotopic (exact) mass is 287 g/mol. The van der Waals surface area contributed by atoms with E-state index >= 15 is 0 Å². The standard InChI is InChI=1S/C16H21N3O2/c1-20-15-7-2-3-8-16(15)21-14-10-18-19(12-14)11-13-6-4-5-9-17-13/h2-3,7-8,10,12-13,17H,4-6,9,11H2,1H3. The van der Waals surface area contributed by atoms with Gasteiger partial charge in [0.25, 0.3) is 0 Å². The average Bonchev–Trinajstić information content (AvgIpc) is 2.96. The van der Waals surface area contributed by atoms with E-state index in [1.54, 1.807) is 13.3 Å². The van der Waals surface area contributed by atoms with Crippen molar-refractivity contribution in [3.8, 4) is 17.2 Å². The summed E-state index contributed by atoms with van der Waals surface area (Å²) in [5.41, 5.74) is 0. The molecule has 1 fully saturated rings. The fraction of sp³-hybridized carbons (Fsp3) is 0.438. The second-order valence-electron chi connectivity index (χ2n) is 5.30. The fourth-order valence-electron chi connectivity index (χ4n) is 2.63. The first kappa shape index (κ1) is 13.9. The van der Waals surface area contributed by atoms with E-state index in [2.05, 4.69) is 10.4 Å². The van der Waals surface area contributed by atoms with E-state index in [0.717, 1.165) is 24.6 Å². The molecule has 0 radical (unpaired) electrons. The molecule has 2 aromatic rings. The number of piperidine rings is 1. The number of nitrogens with zero attached hydrogens (tertiary/aromatic N) is 2. The molecule has 2 heterocycles. The molecule has 3 rings (SSSR count). The summed E-state index contributed by atoms with van der Waals surface area (Å²) < 4.78 is 13.1. The van der Waals surface area contributed by atoms with Crippen LogP contribution in [0.5, 0.6) is 17.2 Å². The highest BCUT2D eigenvalue weighted by Gasteiger charge is 2.14. The first-order valence-corrected chi connectivity index (χ1v) is 7.42. The smallest absolute Gasteiger partial charge is 0.169 e. The number of ether oxygens (including phenoxy) is 2. The van der Waals surface area contributed by atoms with Crippen LogP contribution < -0.4 is 14.8 Å². The molecular weight excluding hydrogens is 266 g/mol. The predicted octanol–water partition coefficient (Wildman–Crippen LogP) is 2.83. The Morgan fingerprint density at radius 1 is 1.29 bits per heavy atom. The molecule has 1 atom stereocenters. The Bertz CT molecular complexity index is 576. The number of hydrogen-bond donors (Lipinski definition) is 1. The first-order chi connectivity index (χ1) is 10.3. The minimum absolute atomic E-state index is 0.512. The van der Waals surface area contributed by atoms with Crippen molar-refractivity contribution in [1.82, 2.24) is 15.1 Å². The Hall–Kier alpha value is -2.01. The van der Waals surface area contributed by atoms with Crippen molar-refractivity contribution >= 4 is 0 Å². The molecule has 1 aliphatic rings. The lowest BCUT2D eigenvalue weighted by Gasteiger charge is -2.23. The molecule has 1 aliphatic heterocycles. The largest absolute Gasteiger partial charge is 0.493 e. The molecule has 1 unspecified atom stereocenters. The van der Waals surface area contributed by atoms with Crippen LogP contribution in [0.3, 0.4) is 0 Å². The number of rotatable bonds is 5. The number of benzene rings is 1. The molecule has 0 spiro atoms. The molecule has 1 N–H and O–H groups in total. The van der Waals surface area contributed by atoms with Crippen molar-refractivity contribution in [1.29, 1.82) is 0 Å². The maximum absolute atomic E-state index is 5.84. The predicted molar refractivity (Wildman–Crippen MR) is 80.9 cm³/mol. The first-order valence-electron chi connectivity index (χ1n) is 7.42. The van der Waals surface area contributed by atoms with Crippen molar-refractivity contribution in [2.45, 2.75) is 31.8 Å². The van der Waals surface area contributed by atoms with Crippen LogP contribution in [0.15, 0.2) is 36.7 Å². The number of para-hydroxylation sites is 2. The van der Waals surface area contributed by atoms with E-state index in [1.165, 1.54) is 19.3 Å². The second-order valence-corrected chi connectivity index (χ2v) is 5.30. The van der Waals surface area contributed by atoms with Crippen LogP contribution in [-0.4, -0.2) is 29.5 Å². The fourth-order valence-corrected chi connectivity index (χ4v) is 2.63. The van der Waals surface area contributed by atoms with Crippen LogP contribution in [0.1, 0.15) is 19.3 Å². The van der Waals surface area contributed by atoms with Gasteiger partial charge >= 0.3 is 0 Å². The maximum atomic E-state index is 5.84. The third-order valence-electron chi connectivity index (χ3n) is 3.73. The molecule has 0 aliphatic carbocycles. The Morgan fingerprint density at radius 3 is 2.90 bits per heavy atom. The van der Waals surface area contributed by atoms with Gasteiger partial charge in [-0.1, -0.05) is 18.6 Å². The van der Waals surface area contributed by atoms with E-state index in [0.29, 0.717) is 11.8 Å². The molecule has 0 saturated carbocycles. The molecule has 1 aromatic carbocycles. The summed E-state index contributed by atoms with van der Waals surface area (Å²) in [5.74, 6) is 2.16.